The van der Waals surface area contributed by atoms with Crippen molar-refractivity contribution in [1.82, 2.24) is 0 Å². The number of hydrogen-bond acceptors (Lipinski definition) is 2. The predicted molar refractivity (Wildman–Crippen MR) is 23.9 cm³/mol. The van der Waals surface area contributed by atoms with Gasteiger partial charge >= 0.3 is 0 Å². The van der Waals surface area contributed by atoms with Crippen molar-refractivity contribution in [3.05, 3.63) is 0 Å². The molecule has 2 heteroatoms. The van der Waals surface area contributed by atoms with E-state index in [2.05, 4.69) is 12.2 Å². The molecule has 1 nitrogen and oxygen atoms in total. The van der Waals surface area contributed by atoms with Crippen molar-refractivity contribution >= 4 is 17.1 Å². The lowest BCUT2D eigenvalue weighted by Gasteiger charge is -1.58. The summed E-state index contributed by atoms with van der Waals surface area (Å²) in [5.41, 5.74) is 0. The van der Waals surface area contributed by atoms with Crippen molar-refractivity contribution < 1.29 is 0 Å². The molecule has 0 spiro atoms. The fourth-order valence-electron chi connectivity index (χ4n) is 0. The minimum atomic E-state index is 0.394. The zero-order chi connectivity index (χ0) is 4.28. The number of nitriles is 1. The Labute approximate surface area is 36.2 Å². The number of nitrogens with zero attached hydrogens (tertiary/aromatic N) is 1. The van der Waals surface area contributed by atoms with Crippen molar-refractivity contribution in [2.75, 3.05) is 0 Å². The van der Waals surface area contributed by atoms with Crippen LogP contribution < -0.4 is 0 Å². The summed E-state index contributed by atoms with van der Waals surface area (Å²) < 4.78 is 0. The molecule has 0 atom stereocenters. The van der Waals surface area contributed by atoms with Crippen molar-refractivity contribution in [3.8, 4) is 6.07 Å². The first-order valence-electron chi connectivity index (χ1n) is 1.18. The minimum Gasteiger partial charge on any atom is -0.192 e. The Bertz CT molecular complexity index is 79.4. The van der Waals surface area contributed by atoms with E-state index < -0.39 is 0 Å². The van der Waals surface area contributed by atoms with Crippen LogP contribution in [0.1, 0.15) is 6.92 Å². The van der Waals surface area contributed by atoms with Crippen LogP contribution in [0.5, 0.6) is 0 Å². The number of hydrogen-bond donors (Lipinski definition) is 0. The van der Waals surface area contributed by atoms with Crippen LogP contribution in [0.4, 0.5) is 0 Å². The summed E-state index contributed by atoms with van der Waals surface area (Å²) in [5, 5.41) is 7.75. The molecule has 0 aromatic heterocycles. The van der Waals surface area contributed by atoms with Crippen molar-refractivity contribution in [3.63, 3.8) is 0 Å². The molecule has 0 fully saturated rings. The van der Waals surface area contributed by atoms with Gasteiger partial charge in [-0.1, -0.05) is 12.2 Å². The van der Waals surface area contributed by atoms with Crippen LogP contribution in [0, 0.1) is 11.3 Å². The van der Waals surface area contributed by atoms with Gasteiger partial charge in [0.15, 0.2) is 0 Å². The molecule has 5 heavy (non-hydrogen) atoms. The van der Waals surface area contributed by atoms with E-state index >= 15 is 0 Å². The lowest BCUT2D eigenvalue weighted by atomic mass is 10.6. The summed E-state index contributed by atoms with van der Waals surface area (Å²) in [5.74, 6) is 0. The van der Waals surface area contributed by atoms with Crippen LogP contribution in [0.15, 0.2) is 0 Å². The van der Waals surface area contributed by atoms with E-state index in [0.717, 1.165) is 0 Å². The monoisotopic (exact) mass is 85.0 g/mol. The first-order chi connectivity index (χ1) is 2.27. The molecule has 0 rings (SSSR count). The fourth-order valence-corrected chi connectivity index (χ4v) is 0. The molecule has 26 valence electrons. The van der Waals surface area contributed by atoms with E-state index in [1.54, 1.807) is 13.0 Å². The van der Waals surface area contributed by atoms with Crippen LogP contribution in [0.3, 0.4) is 0 Å². The van der Waals surface area contributed by atoms with Crippen molar-refractivity contribution in [2.45, 2.75) is 6.92 Å². The minimum absolute atomic E-state index is 0.394. The van der Waals surface area contributed by atoms with Gasteiger partial charge in [-0.05, 0) is 6.92 Å². The maximum Gasteiger partial charge on any atom is 0.106 e. The molecule has 0 aliphatic rings. The molecular weight excluding hydrogens is 82.1 g/mol. The summed E-state index contributed by atoms with van der Waals surface area (Å²) >= 11 is 4.34. The maximum atomic E-state index is 7.75. The van der Waals surface area contributed by atoms with Gasteiger partial charge in [0, 0.05) is 0 Å². The number of thiocarbonyl (C=S) groups is 1. The number of rotatable bonds is 0. The molecule has 0 bridgehead atoms. The fraction of sp³-hybridized carbons (Fsp3) is 0.333. The Morgan fingerprint density at radius 1 is 2.00 bits per heavy atom. The third-order valence-electron chi connectivity index (χ3n) is 0.157. The maximum absolute atomic E-state index is 7.75. The van der Waals surface area contributed by atoms with E-state index in [-0.39, 0.29) is 0 Å². The molecule has 0 saturated heterocycles. The molecule has 0 aliphatic carbocycles. The van der Waals surface area contributed by atoms with Gasteiger partial charge in [-0.15, -0.1) is 0 Å². The Morgan fingerprint density at radius 2 is 2.20 bits per heavy atom. The normalized spacial score (nSPS) is 5.60. The second-order valence-electron chi connectivity index (χ2n) is 0.668. The van der Waals surface area contributed by atoms with E-state index in [4.69, 9.17) is 5.26 Å². The molecule has 0 heterocycles. The standard InChI is InChI=1S/C3H3NS/c1-3(5)2-4/h1H3. The highest BCUT2D eigenvalue weighted by atomic mass is 32.1. The molecule has 0 N–H and O–H groups in total. The molecule has 0 aromatic carbocycles. The van der Waals surface area contributed by atoms with Crippen LogP contribution in [0.25, 0.3) is 0 Å². The van der Waals surface area contributed by atoms with Crippen molar-refractivity contribution in [1.29, 1.82) is 5.26 Å². The van der Waals surface area contributed by atoms with Gasteiger partial charge < -0.3 is 0 Å². The van der Waals surface area contributed by atoms with Gasteiger partial charge in [-0.2, -0.15) is 5.26 Å². The Kier molecular flexibility index (Phi) is 1.70. The molecule has 0 radical (unpaired) electrons. The van der Waals surface area contributed by atoms with E-state index in [9.17, 15) is 0 Å². The van der Waals surface area contributed by atoms with Crippen LogP contribution in [-0.2, 0) is 0 Å². The lowest BCUT2D eigenvalue weighted by Crippen LogP contribution is -1.70. The first-order valence-corrected chi connectivity index (χ1v) is 1.59. The Hall–Kier alpha value is -0.420. The Morgan fingerprint density at radius 3 is 2.20 bits per heavy atom. The van der Waals surface area contributed by atoms with Crippen molar-refractivity contribution in [2.24, 2.45) is 0 Å². The SMILES string of the molecule is CC(=S)C#N. The quantitative estimate of drug-likeness (QED) is 0.408. The summed E-state index contributed by atoms with van der Waals surface area (Å²) in [7, 11) is 0. The summed E-state index contributed by atoms with van der Waals surface area (Å²) in [6, 6.07) is 1.76. The lowest BCUT2D eigenvalue weighted by molar-refractivity contribution is 1.55. The highest BCUT2D eigenvalue weighted by Gasteiger charge is 1.68. The zero-order valence-electron chi connectivity index (χ0n) is 2.86. The van der Waals surface area contributed by atoms with E-state index in [1.807, 2.05) is 0 Å². The van der Waals surface area contributed by atoms with Gasteiger partial charge in [-0.25, -0.2) is 0 Å². The van der Waals surface area contributed by atoms with Gasteiger partial charge in [-0.3, -0.25) is 0 Å². The Balaban J connectivity index is 3.35. The second-order valence-corrected chi connectivity index (χ2v) is 1.28. The summed E-state index contributed by atoms with van der Waals surface area (Å²) in [6.45, 7) is 1.59. The zero-order valence-corrected chi connectivity index (χ0v) is 3.67. The topological polar surface area (TPSA) is 23.8 Å². The smallest absolute Gasteiger partial charge is 0.106 e. The molecule has 0 amide bonds. The van der Waals surface area contributed by atoms with E-state index in [0.29, 0.717) is 4.86 Å². The molecule has 0 aliphatic heterocycles. The van der Waals surface area contributed by atoms with Crippen LogP contribution in [0.2, 0.25) is 0 Å². The predicted octanol–water partition coefficient (Wildman–Crippen LogP) is 0.900. The van der Waals surface area contributed by atoms with Gasteiger partial charge in [0.2, 0.25) is 0 Å². The van der Waals surface area contributed by atoms with Crippen LogP contribution in [-0.4, -0.2) is 4.86 Å². The van der Waals surface area contributed by atoms with Gasteiger partial charge in [0.05, 0.1) is 4.86 Å². The third-order valence-corrected chi connectivity index (χ3v) is 0.249. The molecule has 0 saturated carbocycles. The van der Waals surface area contributed by atoms with Gasteiger partial charge in [0.1, 0.15) is 6.07 Å². The van der Waals surface area contributed by atoms with E-state index in [1.165, 1.54) is 0 Å². The second kappa shape index (κ2) is 1.86. The average molecular weight is 85.1 g/mol. The van der Waals surface area contributed by atoms with Crippen LogP contribution >= 0.6 is 12.2 Å². The summed E-state index contributed by atoms with van der Waals surface area (Å²) in [6.07, 6.45) is 0. The highest BCUT2D eigenvalue weighted by Crippen LogP contribution is 1.62. The largest absolute Gasteiger partial charge is 0.192 e. The molecular formula is C3H3NS. The first kappa shape index (κ1) is 4.58. The molecule has 0 unspecified atom stereocenters. The average Bonchev–Trinajstić information content (AvgIpc) is 1.38. The third kappa shape index (κ3) is 3.58. The summed E-state index contributed by atoms with van der Waals surface area (Å²) in [4.78, 5) is 0.394. The van der Waals surface area contributed by atoms with Gasteiger partial charge in [0.25, 0.3) is 0 Å². The highest BCUT2D eigenvalue weighted by molar-refractivity contribution is 7.80. The molecule has 0 aromatic rings.